The Balaban J connectivity index is 2.38. The minimum Gasteiger partial charge on any atom is -0.422 e. The molecule has 0 saturated heterocycles. The zero-order valence-corrected chi connectivity index (χ0v) is 7.16. The molecule has 72 valence electrons. The molecule has 2 aromatic rings. The lowest BCUT2D eigenvalue weighted by Gasteiger charge is -1.97. The van der Waals surface area contributed by atoms with E-state index in [1.165, 1.54) is 6.20 Å². The van der Waals surface area contributed by atoms with Crippen molar-refractivity contribution in [1.29, 1.82) is 0 Å². The van der Waals surface area contributed by atoms with Crippen LogP contribution in [0.2, 0.25) is 0 Å². The number of rotatable bonds is 2. The second kappa shape index (κ2) is 3.45. The minimum absolute atomic E-state index is 0.302. The zero-order chi connectivity index (χ0) is 9.97. The van der Waals surface area contributed by atoms with Gasteiger partial charge in [-0.25, -0.2) is 9.18 Å². The van der Waals surface area contributed by atoms with Gasteiger partial charge in [0.25, 0.3) is 0 Å². The molecule has 0 radical (unpaired) electrons. The van der Waals surface area contributed by atoms with E-state index in [0.717, 1.165) is 5.52 Å². The number of carbonyl (C=O) groups excluding carboxylic acids is 1. The molecule has 0 atom stereocenters. The topological polar surface area (TPSA) is 55.0 Å². The highest BCUT2D eigenvalue weighted by Gasteiger charge is 2.08. The van der Waals surface area contributed by atoms with Gasteiger partial charge in [-0.1, -0.05) is 0 Å². The summed E-state index contributed by atoms with van der Waals surface area (Å²) in [6.45, 7) is -1.13. The fourth-order valence-electron chi connectivity index (χ4n) is 1.17. The van der Waals surface area contributed by atoms with Gasteiger partial charge in [-0.2, -0.15) is 0 Å². The summed E-state index contributed by atoms with van der Waals surface area (Å²) < 4.78 is 16.6. The Hall–Kier alpha value is -1.91. The summed E-state index contributed by atoms with van der Waals surface area (Å²) in [6, 6.07) is 1.74. The summed E-state index contributed by atoms with van der Waals surface area (Å²) in [5.74, 6) is -0.606. The number of aromatic amines is 1. The summed E-state index contributed by atoms with van der Waals surface area (Å²) in [5, 5.41) is 0.661. The molecule has 4 nitrogen and oxygen atoms in total. The van der Waals surface area contributed by atoms with Gasteiger partial charge in [0.1, 0.15) is 0 Å². The first-order valence-corrected chi connectivity index (χ1v) is 3.99. The lowest BCUT2D eigenvalue weighted by molar-refractivity contribution is -0.135. The van der Waals surface area contributed by atoms with Gasteiger partial charge in [-0.05, 0) is 6.07 Å². The molecule has 14 heavy (non-hydrogen) atoms. The molecule has 0 amide bonds. The number of alkyl halides is 1. The van der Waals surface area contributed by atoms with Crippen molar-refractivity contribution in [2.75, 3.05) is 6.67 Å². The molecule has 2 heterocycles. The van der Waals surface area contributed by atoms with E-state index in [1.54, 1.807) is 18.5 Å². The molecule has 0 aromatic carbocycles. The molecule has 0 saturated carbocycles. The van der Waals surface area contributed by atoms with Gasteiger partial charge in [-0.15, -0.1) is 0 Å². The maximum atomic E-state index is 11.9. The Bertz CT molecular complexity index is 467. The summed E-state index contributed by atoms with van der Waals surface area (Å²) in [7, 11) is 0. The first kappa shape index (κ1) is 8.68. The molecule has 0 aliphatic rings. The SMILES string of the molecule is O=C(CF)Oc1c[nH]c2ccncc12. The molecular weight excluding hydrogens is 187 g/mol. The smallest absolute Gasteiger partial charge is 0.343 e. The summed E-state index contributed by atoms with van der Waals surface area (Å²) >= 11 is 0. The fourth-order valence-corrected chi connectivity index (χ4v) is 1.17. The molecule has 0 bridgehead atoms. The largest absolute Gasteiger partial charge is 0.422 e. The quantitative estimate of drug-likeness (QED) is 0.736. The van der Waals surface area contributed by atoms with Crippen LogP contribution in [0, 0.1) is 0 Å². The number of fused-ring (bicyclic) bond motifs is 1. The number of nitrogens with zero attached hydrogens (tertiary/aromatic N) is 1. The normalized spacial score (nSPS) is 10.4. The van der Waals surface area contributed by atoms with E-state index < -0.39 is 12.6 Å². The number of hydrogen-bond donors (Lipinski definition) is 1. The predicted octanol–water partition coefficient (Wildman–Crippen LogP) is 1.44. The number of aromatic nitrogens is 2. The van der Waals surface area contributed by atoms with Gasteiger partial charge in [0, 0.05) is 18.6 Å². The van der Waals surface area contributed by atoms with E-state index in [0.29, 0.717) is 11.1 Å². The lowest BCUT2D eigenvalue weighted by Crippen LogP contribution is -2.08. The van der Waals surface area contributed by atoms with Gasteiger partial charge in [0.15, 0.2) is 12.4 Å². The van der Waals surface area contributed by atoms with Gasteiger partial charge < -0.3 is 9.72 Å². The van der Waals surface area contributed by atoms with Crippen LogP contribution in [0.5, 0.6) is 5.75 Å². The van der Waals surface area contributed by atoms with Crippen molar-refractivity contribution in [2.45, 2.75) is 0 Å². The first-order valence-electron chi connectivity index (χ1n) is 3.99. The number of nitrogens with one attached hydrogen (secondary N) is 1. The van der Waals surface area contributed by atoms with Crippen LogP contribution in [0.4, 0.5) is 4.39 Å². The van der Waals surface area contributed by atoms with Crippen LogP contribution < -0.4 is 4.74 Å². The van der Waals surface area contributed by atoms with E-state index >= 15 is 0 Å². The standard InChI is InChI=1S/C9H7FN2O2/c10-3-9(13)14-8-5-12-7-1-2-11-4-6(7)8/h1-2,4-5,12H,3H2. The Morgan fingerprint density at radius 3 is 3.29 bits per heavy atom. The zero-order valence-electron chi connectivity index (χ0n) is 7.16. The van der Waals surface area contributed by atoms with Crippen LogP contribution in [-0.4, -0.2) is 22.6 Å². The van der Waals surface area contributed by atoms with E-state index in [4.69, 9.17) is 4.74 Å². The monoisotopic (exact) mass is 194 g/mol. The van der Waals surface area contributed by atoms with Crippen LogP contribution in [0.25, 0.3) is 10.9 Å². The second-order valence-corrected chi connectivity index (χ2v) is 2.68. The molecule has 1 N–H and O–H groups in total. The van der Waals surface area contributed by atoms with E-state index in [9.17, 15) is 9.18 Å². The van der Waals surface area contributed by atoms with Crippen molar-refractivity contribution in [3.8, 4) is 5.75 Å². The Morgan fingerprint density at radius 1 is 1.64 bits per heavy atom. The second-order valence-electron chi connectivity index (χ2n) is 2.68. The van der Waals surface area contributed by atoms with Crippen molar-refractivity contribution < 1.29 is 13.9 Å². The fraction of sp³-hybridized carbons (Fsp3) is 0.111. The third kappa shape index (κ3) is 1.44. The molecule has 0 aliphatic carbocycles. The number of hydrogen-bond acceptors (Lipinski definition) is 3. The molecule has 0 unspecified atom stereocenters. The maximum Gasteiger partial charge on any atom is 0.343 e. The maximum absolute atomic E-state index is 11.9. The number of pyridine rings is 1. The molecular formula is C9H7FN2O2. The molecule has 2 aromatic heterocycles. The Morgan fingerprint density at radius 2 is 2.50 bits per heavy atom. The number of ether oxygens (including phenoxy) is 1. The van der Waals surface area contributed by atoms with Crippen LogP contribution in [0.1, 0.15) is 0 Å². The van der Waals surface area contributed by atoms with Crippen LogP contribution in [-0.2, 0) is 4.79 Å². The molecule has 5 heteroatoms. The van der Waals surface area contributed by atoms with Gasteiger partial charge in [0.05, 0.1) is 10.9 Å². The summed E-state index contributed by atoms with van der Waals surface area (Å²) in [5.41, 5.74) is 0.793. The highest BCUT2D eigenvalue weighted by Crippen LogP contribution is 2.23. The van der Waals surface area contributed by atoms with Crippen LogP contribution >= 0.6 is 0 Å². The molecule has 0 spiro atoms. The molecule has 0 fully saturated rings. The van der Waals surface area contributed by atoms with Crippen molar-refractivity contribution in [1.82, 2.24) is 9.97 Å². The van der Waals surface area contributed by atoms with Crippen molar-refractivity contribution >= 4 is 16.9 Å². The highest BCUT2D eigenvalue weighted by molar-refractivity contribution is 5.88. The van der Waals surface area contributed by atoms with Crippen molar-refractivity contribution in [3.63, 3.8) is 0 Å². The van der Waals surface area contributed by atoms with Crippen molar-refractivity contribution in [2.24, 2.45) is 0 Å². The predicted molar refractivity (Wildman–Crippen MR) is 47.7 cm³/mol. The van der Waals surface area contributed by atoms with Crippen LogP contribution in [0.3, 0.4) is 0 Å². The Kier molecular flexibility index (Phi) is 2.14. The minimum atomic E-state index is -1.13. The number of esters is 1. The van der Waals surface area contributed by atoms with Gasteiger partial charge in [0.2, 0.25) is 0 Å². The van der Waals surface area contributed by atoms with E-state index in [-0.39, 0.29) is 0 Å². The number of halogens is 1. The Labute approximate surface area is 78.7 Å². The third-order valence-electron chi connectivity index (χ3n) is 1.78. The summed E-state index contributed by atoms with van der Waals surface area (Å²) in [6.07, 6.45) is 4.66. The first-order chi connectivity index (χ1) is 6.81. The van der Waals surface area contributed by atoms with Gasteiger partial charge >= 0.3 is 5.97 Å². The van der Waals surface area contributed by atoms with E-state index in [1.807, 2.05) is 0 Å². The average Bonchev–Trinajstić information content (AvgIpc) is 2.62. The molecule has 2 rings (SSSR count). The molecule has 0 aliphatic heterocycles. The lowest BCUT2D eigenvalue weighted by atomic mass is 10.3. The summed E-state index contributed by atoms with van der Waals surface area (Å²) in [4.78, 5) is 17.4. The number of carbonyl (C=O) groups is 1. The van der Waals surface area contributed by atoms with Crippen LogP contribution in [0.15, 0.2) is 24.7 Å². The third-order valence-corrected chi connectivity index (χ3v) is 1.78. The average molecular weight is 194 g/mol. The van der Waals surface area contributed by atoms with Gasteiger partial charge in [-0.3, -0.25) is 4.98 Å². The van der Waals surface area contributed by atoms with E-state index in [2.05, 4.69) is 9.97 Å². The van der Waals surface area contributed by atoms with Crippen molar-refractivity contribution in [3.05, 3.63) is 24.7 Å². The number of H-pyrrole nitrogens is 1. The highest BCUT2D eigenvalue weighted by atomic mass is 19.1.